The van der Waals surface area contributed by atoms with E-state index in [1.165, 1.54) is 16.7 Å². The molecule has 1 fully saturated rings. The first-order valence-corrected chi connectivity index (χ1v) is 9.16. The van der Waals surface area contributed by atoms with Gasteiger partial charge >= 0.3 is 0 Å². The number of hydrogen-bond acceptors (Lipinski definition) is 3. The lowest BCUT2D eigenvalue weighted by Gasteiger charge is -2.36. The summed E-state index contributed by atoms with van der Waals surface area (Å²) in [5.74, 6) is 0. The van der Waals surface area contributed by atoms with Crippen molar-refractivity contribution in [1.29, 1.82) is 0 Å². The fraction of sp³-hybridized carbons (Fsp3) is 0.550. The lowest BCUT2D eigenvalue weighted by Crippen LogP contribution is -2.45. The zero-order valence-corrected chi connectivity index (χ0v) is 15.4. The van der Waals surface area contributed by atoms with E-state index in [1.807, 2.05) is 0 Å². The van der Waals surface area contributed by atoms with Gasteiger partial charge in [0.2, 0.25) is 0 Å². The van der Waals surface area contributed by atoms with Crippen molar-refractivity contribution in [3.05, 3.63) is 52.8 Å². The number of hydrogen-bond donors (Lipinski definition) is 1. The Balaban J connectivity index is 1.79. The minimum atomic E-state index is 0.415. The van der Waals surface area contributed by atoms with E-state index >= 15 is 0 Å². The Morgan fingerprint density at radius 1 is 1.25 bits per heavy atom. The molecule has 0 bridgehead atoms. The van der Waals surface area contributed by atoms with Crippen molar-refractivity contribution >= 4 is 0 Å². The van der Waals surface area contributed by atoms with Gasteiger partial charge in [-0.3, -0.25) is 9.58 Å². The standard InChI is InChI=1S/C20H30N4/c1-5-17-6-8-18(9-7-17)20-12-21-10-11-23(20)13-19-14-24(15(2)3)22-16(19)4/h6-9,14-15,20-21H,5,10-13H2,1-4H3. The fourth-order valence-electron chi connectivity index (χ4n) is 3.40. The Morgan fingerprint density at radius 3 is 2.62 bits per heavy atom. The van der Waals surface area contributed by atoms with Gasteiger partial charge in [0.1, 0.15) is 0 Å². The molecule has 3 rings (SSSR count). The van der Waals surface area contributed by atoms with Crippen molar-refractivity contribution in [3.8, 4) is 0 Å². The van der Waals surface area contributed by atoms with Gasteiger partial charge in [-0.15, -0.1) is 0 Å². The third-order valence-electron chi connectivity index (χ3n) is 5.05. The molecule has 1 aromatic carbocycles. The Labute approximate surface area is 145 Å². The second kappa shape index (κ2) is 7.49. The number of nitrogens with zero attached hydrogens (tertiary/aromatic N) is 3. The maximum absolute atomic E-state index is 4.67. The molecule has 1 aliphatic heterocycles. The van der Waals surface area contributed by atoms with Crippen LogP contribution in [-0.2, 0) is 13.0 Å². The van der Waals surface area contributed by atoms with Crippen molar-refractivity contribution in [1.82, 2.24) is 20.0 Å². The number of nitrogens with one attached hydrogen (secondary N) is 1. The normalized spacial score (nSPS) is 19.1. The zero-order chi connectivity index (χ0) is 17.1. The molecule has 2 aromatic rings. The largest absolute Gasteiger partial charge is 0.314 e. The van der Waals surface area contributed by atoms with Gasteiger partial charge in [-0.1, -0.05) is 31.2 Å². The van der Waals surface area contributed by atoms with E-state index in [-0.39, 0.29) is 0 Å². The smallest absolute Gasteiger partial charge is 0.0638 e. The Hall–Kier alpha value is -1.65. The van der Waals surface area contributed by atoms with Crippen LogP contribution >= 0.6 is 0 Å². The number of aryl methyl sites for hydroxylation is 2. The van der Waals surface area contributed by atoms with Crippen LogP contribution in [0.4, 0.5) is 0 Å². The van der Waals surface area contributed by atoms with Crippen LogP contribution in [0.2, 0.25) is 0 Å². The topological polar surface area (TPSA) is 33.1 Å². The predicted molar refractivity (Wildman–Crippen MR) is 99.2 cm³/mol. The number of rotatable bonds is 5. The quantitative estimate of drug-likeness (QED) is 0.913. The molecule has 1 unspecified atom stereocenters. The molecule has 4 heteroatoms. The van der Waals surface area contributed by atoms with Gasteiger partial charge in [-0.2, -0.15) is 5.10 Å². The first kappa shape index (κ1) is 17.2. The molecule has 24 heavy (non-hydrogen) atoms. The minimum Gasteiger partial charge on any atom is -0.314 e. The third kappa shape index (κ3) is 3.70. The maximum Gasteiger partial charge on any atom is 0.0638 e. The van der Waals surface area contributed by atoms with Crippen LogP contribution in [0.5, 0.6) is 0 Å². The molecule has 0 radical (unpaired) electrons. The van der Waals surface area contributed by atoms with Gasteiger partial charge in [0.25, 0.3) is 0 Å². The van der Waals surface area contributed by atoms with Crippen molar-refractivity contribution in [3.63, 3.8) is 0 Å². The summed E-state index contributed by atoms with van der Waals surface area (Å²) in [7, 11) is 0. The summed E-state index contributed by atoms with van der Waals surface area (Å²) in [6.07, 6.45) is 3.32. The Kier molecular flexibility index (Phi) is 5.36. The number of piperazine rings is 1. The van der Waals surface area contributed by atoms with Crippen molar-refractivity contribution in [2.75, 3.05) is 19.6 Å². The summed E-state index contributed by atoms with van der Waals surface area (Å²) in [6, 6.07) is 9.99. The molecule has 130 valence electrons. The lowest BCUT2D eigenvalue weighted by molar-refractivity contribution is 0.153. The zero-order valence-electron chi connectivity index (χ0n) is 15.4. The summed E-state index contributed by atoms with van der Waals surface area (Å²) in [4.78, 5) is 2.59. The van der Waals surface area contributed by atoms with Crippen LogP contribution < -0.4 is 5.32 Å². The van der Waals surface area contributed by atoms with E-state index in [0.717, 1.165) is 38.3 Å². The average molecular weight is 326 g/mol. The SMILES string of the molecule is CCc1ccc(C2CNCCN2Cc2cn(C(C)C)nc2C)cc1. The summed E-state index contributed by atoms with van der Waals surface area (Å²) >= 11 is 0. The molecule has 1 atom stereocenters. The van der Waals surface area contributed by atoms with Crippen LogP contribution in [0.1, 0.15) is 55.2 Å². The number of aromatic nitrogens is 2. The van der Waals surface area contributed by atoms with Crippen LogP contribution in [0.3, 0.4) is 0 Å². The van der Waals surface area contributed by atoms with Gasteiger partial charge < -0.3 is 5.32 Å². The summed E-state index contributed by atoms with van der Waals surface area (Å²) in [6.45, 7) is 12.8. The first-order valence-electron chi connectivity index (χ1n) is 9.16. The van der Waals surface area contributed by atoms with Crippen LogP contribution in [0.25, 0.3) is 0 Å². The summed E-state index contributed by atoms with van der Waals surface area (Å²) < 4.78 is 2.08. The molecule has 1 saturated heterocycles. The van der Waals surface area contributed by atoms with Gasteiger partial charge in [0, 0.05) is 50.0 Å². The molecular weight excluding hydrogens is 296 g/mol. The van der Waals surface area contributed by atoms with E-state index in [0.29, 0.717) is 12.1 Å². The second-order valence-corrected chi connectivity index (χ2v) is 7.10. The van der Waals surface area contributed by atoms with E-state index in [4.69, 9.17) is 0 Å². The van der Waals surface area contributed by atoms with Gasteiger partial charge in [-0.05, 0) is 38.3 Å². The summed E-state index contributed by atoms with van der Waals surface area (Å²) in [5, 5.41) is 8.22. The fourth-order valence-corrected chi connectivity index (χ4v) is 3.40. The third-order valence-corrected chi connectivity index (χ3v) is 5.05. The Bertz CT molecular complexity index is 657. The second-order valence-electron chi connectivity index (χ2n) is 7.10. The van der Waals surface area contributed by atoms with Crippen LogP contribution in [0.15, 0.2) is 30.5 Å². The van der Waals surface area contributed by atoms with E-state index in [1.54, 1.807) is 0 Å². The van der Waals surface area contributed by atoms with Crippen molar-refractivity contribution in [2.45, 2.75) is 52.7 Å². The molecule has 4 nitrogen and oxygen atoms in total. The molecule has 0 spiro atoms. The first-order chi connectivity index (χ1) is 11.6. The van der Waals surface area contributed by atoms with Crippen LogP contribution in [0, 0.1) is 6.92 Å². The molecule has 1 N–H and O–H groups in total. The highest BCUT2D eigenvalue weighted by atomic mass is 15.3. The molecule has 1 aromatic heterocycles. The molecule has 1 aliphatic rings. The van der Waals surface area contributed by atoms with Gasteiger partial charge in [0.05, 0.1) is 5.69 Å². The van der Waals surface area contributed by atoms with Crippen molar-refractivity contribution in [2.24, 2.45) is 0 Å². The van der Waals surface area contributed by atoms with Crippen molar-refractivity contribution < 1.29 is 0 Å². The predicted octanol–water partition coefficient (Wildman–Crippen LogP) is 3.48. The molecule has 0 aliphatic carbocycles. The number of benzene rings is 1. The highest BCUT2D eigenvalue weighted by Crippen LogP contribution is 2.25. The molecule has 0 saturated carbocycles. The monoisotopic (exact) mass is 326 g/mol. The van der Waals surface area contributed by atoms with Gasteiger partial charge in [0.15, 0.2) is 0 Å². The lowest BCUT2D eigenvalue weighted by atomic mass is 10.0. The van der Waals surface area contributed by atoms with E-state index in [9.17, 15) is 0 Å². The Morgan fingerprint density at radius 2 is 2.00 bits per heavy atom. The maximum atomic E-state index is 4.67. The van der Waals surface area contributed by atoms with Gasteiger partial charge in [-0.25, -0.2) is 0 Å². The highest BCUT2D eigenvalue weighted by molar-refractivity contribution is 5.26. The average Bonchev–Trinajstić information content (AvgIpc) is 2.97. The highest BCUT2D eigenvalue weighted by Gasteiger charge is 2.24. The minimum absolute atomic E-state index is 0.415. The summed E-state index contributed by atoms with van der Waals surface area (Å²) in [5.41, 5.74) is 5.32. The molecule has 2 heterocycles. The van der Waals surface area contributed by atoms with Crippen LogP contribution in [-0.4, -0.2) is 34.3 Å². The molecular formula is C20H30N4. The van der Waals surface area contributed by atoms with E-state index in [2.05, 4.69) is 78.2 Å². The van der Waals surface area contributed by atoms with E-state index < -0.39 is 0 Å². The molecule has 0 amide bonds.